The molecule has 3 rings (SSSR count). The van der Waals surface area contributed by atoms with Crippen LogP contribution in [0.25, 0.3) is 0 Å². The molecule has 2 N–H and O–H groups in total. The van der Waals surface area contributed by atoms with Crippen molar-refractivity contribution in [2.75, 3.05) is 0 Å². The molecular formula is C18H21N5O4. The molecule has 1 heterocycles. The first-order valence-corrected chi connectivity index (χ1v) is 8.62. The molecule has 1 saturated carbocycles. The number of carbonyl (C=O) groups excluding carboxylic acids is 2. The van der Waals surface area contributed by atoms with Crippen LogP contribution in [-0.2, 0) is 5.54 Å². The van der Waals surface area contributed by atoms with Crippen molar-refractivity contribution in [2.24, 2.45) is 0 Å². The molecule has 0 spiro atoms. The van der Waals surface area contributed by atoms with Crippen molar-refractivity contribution in [1.29, 1.82) is 0 Å². The summed E-state index contributed by atoms with van der Waals surface area (Å²) in [5, 5.41) is 15.2. The van der Waals surface area contributed by atoms with Crippen LogP contribution < -0.4 is 10.9 Å². The molecule has 1 aromatic carbocycles. The molecule has 9 heteroatoms. The molecule has 0 unspecified atom stereocenters. The first kappa shape index (κ1) is 18.6. The number of benzene rings is 1. The van der Waals surface area contributed by atoms with Gasteiger partial charge in [-0.25, -0.2) is 0 Å². The third kappa shape index (κ3) is 4.13. The summed E-state index contributed by atoms with van der Waals surface area (Å²) >= 11 is 0. The predicted octanol–water partition coefficient (Wildman–Crippen LogP) is 2.50. The van der Waals surface area contributed by atoms with Gasteiger partial charge in [0.25, 0.3) is 17.5 Å². The van der Waals surface area contributed by atoms with E-state index < -0.39 is 16.7 Å². The SMILES string of the molecule is CC(C)(C)n1nc(C(=O)NNC(=O)c2cccc([N+](=O)[O-])c2)cc1C1CC1. The third-order valence-electron chi connectivity index (χ3n) is 4.21. The molecule has 1 aliphatic rings. The summed E-state index contributed by atoms with van der Waals surface area (Å²) in [4.78, 5) is 34.7. The molecule has 27 heavy (non-hydrogen) atoms. The van der Waals surface area contributed by atoms with Crippen molar-refractivity contribution in [1.82, 2.24) is 20.6 Å². The van der Waals surface area contributed by atoms with Crippen LogP contribution in [0.2, 0.25) is 0 Å². The smallest absolute Gasteiger partial charge is 0.267 e. The third-order valence-corrected chi connectivity index (χ3v) is 4.21. The number of nitro groups is 1. The molecule has 1 aromatic heterocycles. The summed E-state index contributed by atoms with van der Waals surface area (Å²) in [5.41, 5.74) is 5.41. The fourth-order valence-electron chi connectivity index (χ4n) is 2.72. The molecule has 0 radical (unpaired) electrons. The Hall–Kier alpha value is -3.23. The molecule has 2 aromatic rings. The van der Waals surface area contributed by atoms with Crippen LogP contribution in [0.1, 0.15) is 66.1 Å². The van der Waals surface area contributed by atoms with Gasteiger partial charge in [0.2, 0.25) is 0 Å². The van der Waals surface area contributed by atoms with Crippen molar-refractivity contribution in [2.45, 2.75) is 45.1 Å². The second-order valence-electron chi connectivity index (χ2n) is 7.53. The minimum Gasteiger partial charge on any atom is -0.267 e. The molecule has 0 saturated heterocycles. The fraction of sp³-hybridized carbons (Fsp3) is 0.389. The van der Waals surface area contributed by atoms with E-state index in [0.717, 1.165) is 24.6 Å². The van der Waals surface area contributed by atoms with Gasteiger partial charge in [0.1, 0.15) is 0 Å². The number of hydrazine groups is 1. The number of rotatable bonds is 4. The van der Waals surface area contributed by atoms with Crippen LogP contribution in [0, 0.1) is 10.1 Å². The highest BCUT2D eigenvalue weighted by Gasteiger charge is 2.32. The number of amides is 2. The molecule has 142 valence electrons. The van der Waals surface area contributed by atoms with Gasteiger partial charge in [-0.2, -0.15) is 5.10 Å². The van der Waals surface area contributed by atoms with Gasteiger partial charge in [-0.1, -0.05) is 6.07 Å². The Labute approximate surface area is 155 Å². The van der Waals surface area contributed by atoms with Crippen LogP contribution in [0.4, 0.5) is 5.69 Å². The van der Waals surface area contributed by atoms with Gasteiger partial charge in [0, 0.05) is 29.3 Å². The maximum absolute atomic E-state index is 12.4. The summed E-state index contributed by atoms with van der Waals surface area (Å²) in [6, 6.07) is 7.00. The average molecular weight is 371 g/mol. The lowest BCUT2D eigenvalue weighted by molar-refractivity contribution is -0.384. The van der Waals surface area contributed by atoms with Crippen LogP contribution in [0.15, 0.2) is 30.3 Å². The summed E-state index contributed by atoms with van der Waals surface area (Å²) in [6.45, 7) is 6.03. The number of carbonyl (C=O) groups is 2. The minimum atomic E-state index is -0.648. The van der Waals surface area contributed by atoms with Crippen LogP contribution >= 0.6 is 0 Å². The molecular weight excluding hydrogens is 350 g/mol. The number of nitrogens with one attached hydrogen (secondary N) is 2. The Morgan fingerprint density at radius 1 is 1.19 bits per heavy atom. The Morgan fingerprint density at radius 2 is 1.85 bits per heavy atom. The zero-order valence-corrected chi connectivity index (χ0v) is 15.4. The van der Waals surface area contributed by atoms with Crippen molar-refractivity contribution >= 4 is 17.5 Å². The maximum Gasteiger partial charge on any atom is 0.290 e. The lowest BCUT2D eigenvalue weighted by Crippen LogP contribution is -2.42. The van der Waals surface area contributed by atoms with Gasteiger partial charge in [0.05, 0.1) is 10.5 Å². The van der Waals surface area contributed by atoms with E-state index in [1.165, 1.54) is 18.2 Å². The minimum absolute atomic E-state index is 0.0726. The molecule has 0 bridgehead atoms. The second-order valence-corrected chi connectivity index (χ2v) is 7.53. The molecule has 1 aliphatic carbocycles. The van der Waals surface area contributed by atoms with Gasteiger partial charge in [-0.05, 0) is 45.7 Å². The normalized spacial score (nSPS) is 13.9. The molecule has 2 amide bonds. The van der Waals surface area contributed by atoms with Gasteiger partial charge in [-0.15, -0.1) is 0 Å². The standard InChI is InChI=1S/C18H21N5O4/c1-18(2,3)22-15(11-7-8-11)10-14(21-22)17(25)20-19-16(24)12-5-4-6-13(9-12)23(26)27/h4-6,9-11H,7-8H2,1-3H3,(H,19,24)(H,20,25). The predicted molar refractivity (Wildman–Crippen MR) is 97.2 cm³/mol. The topological polar surface area (TPSA) is 119 Å². The number of aromatic nitrogens is 2. The Balaban J connectivity index is 1.70. The van der Waals surface area contributed by atoms with E-state index in [1.54, 1.807) is 6.07 Å². The monoisotopic (exact) mass is 371 g/mol. The second kappa shape index (κ2) is 6.82. The fourth-order valence-corrected chi connectivity index (χ4v) is 2.72. The molecule has 9 nitrogen and oxygen atoms in total. The molecule has 1 fully saturated rings. The van der Waals surface area contributed by atoms with Crippen molar-refractivity contribution in [3.05, 3.63) is 57.4 Å². The zero-order chi connectivity index (χ0) is 19.8. The van der Waals surface area contributed by atoms with Crippen molar-refractivity contribution in [3.63, 3.8) is 0 Å². The average Bonchev–Trinajstić information content (AvgIpc) is 3.36. The lowest BCUT2D eigenvalue weighted by atomic mass is 10.1. The number of hydrogen-bond donors (Lipinski definition) is 2. The number of nitrogens with zero attached hydrogens (tertiary/aromatic N) is 3. The summed E-state index contributed by atoms with van der Waals surface area (Å²) in [7, 11) is 0. The number of hydrogen-bond acceptors (Lipinski definition) is 5. The first-order valence-electron chi connectivity index (χ1n) is 8.62. The Morgan fingerprint density at radius 3 is 2.44 bits per heavy atom. The lowest BCUT2D eigenvalue weighted by Gasteiger charge is -2.22. The summed E-state index contributed by atoms with van der Waals surface area (Å²) < 4.78 is 1.85. The molecule has 0 aliphatic heterocycles. The van der Waals surface area contributed by atoms with Gasteiger partial charge in [0.15, 0.2) is 5.69 Å². The highest BCUT2D eigenvalue weighted by atomic mass is 16.6. The Bertz CT molecular complexity index is 909. The molecule has 0 atom stereocenters. The summed E-state index contributed by atoms with van der Waals surface area (Å²) in [6.07, 6.45) is 2.15. The maximum atomic E-state index is 12.4. The quantitative estimate of drug-likeness (QED) is 0.632. The highest BCUT2D eigenvalue weighted by molar-refractivity contribution is 5.98. The summed E-state index contributed by atoms with van der Waals surface area (Å²) in [5.74, 6) is -0.777. The van der Waals surface area contributed by atoms with Crippen LogP contribution in [0.5, 0.6) is 0 Å². The van der Waals surface area contributed by atoms with E-state index in [1.807, 2.05) is 25.5 Å². The van der Waals surface area contributed by atoms with E-state index >= 15 is 0 Å². The zero-order valence-electron chi connectivity index (χ0n) is 15.4. The van der Waals surface area contributed by atoms with E-state index in [0.29, 0.717) is 5.92 Å². The van der Waals surface area contributed by atoms with Gasteiger partial charge < -0.3 is 0 Å². The number of non-ortho nitro benzene ring substituents is 1. The van der Waals surface area contributed by atoms with Gasteiger partial charge in [-0.3, -0.25) is 35.2 Å². The van der Waals surface area contributed by atoms with Crippen LogP contribution in [0.3, 0.4) is 0 Å². The highest BCUT2D eigenvalue weighted by Crippen LogP contribution is 2.41. The van der Waals surface area contributed by atoms with Gasteiger partial charge >= 0.3 is 0 Å². The van der Waals surface area contributed by atoms with E-state index in [-0.39, 0.29) is 22.5 Å². The van der Waals surface area contributed by atoms with E-state index in [2.05, 4.69) is 16.0 Å². The van der Waals surface area contributed by atoms with E-state index in [9.17, 15) is 19.7 Å². The largest absolute Gasteiger partial charge is 0.290 e. The first-order chi connectivity index (χ1) is 12.7. The van der Waals surface area contributed by atoms with Crippen molar-refractivity contribution in [3.8, 4) is 0 Å². The van der Waals surface area contributed by atoms with Crippen molar-refractivity contribution < 1.29 is 14.5 Å². The number of nitro benzene ring substituents is 1. The Kier molecular flexibility index (Phi) is 4.69. The van der Waals surface area contributed by atoms with Crippen LogP contribution in [-0.4, -0.2) is 26.5 Å². The van der Waals surface area contributed by atoms with E-state index in [4.69, 9.17) is 0 Å².